The lowest BCUT2D eigenvalue weighted by molar-refractivity contribution is -0.128. The number of benzene rings is 2. The molecule has 3 heterocycles. The van der Waals surface area contributed by atoms with E-state index in [0.29, 0.717) is 73.2 Å². The van der Waals surface area contributed by atoms with Gasteiger partial charge in [-0.2, -0.15) is 0 Å². The van der Waals surface area contributed by atoms with Crippen molar-refractivity contribution in [1.82, 2.24) is 25.5 Å². The van der Waals surface area contributed by atoms with Crippen LogP contribution < -0.4 is 32.6 Å². The van der Waals surface area contributed by atoms with E-state index in [0.717, 1.165) is 64.6 Å². The monoisotopic (exact) mass is 893 g/mol. The van der Waals surface area contributed by atoms with Crippen molar-refractivity contribution in [3.63, 3.8) is 0 Å². The van der Waals surface area contributed by atoms with Crippen molar-refractivity contribution >= 4 is 40.6 Å². The molecule has 4 amide bonds. The van der Waals surface area contributed by atoms with Crippen LogP contribution in [0.4, 0.5) is 19.7 Å². The Labute approximate surface area is 380 Å². The highest BCUT2D eigenvalue weighted by Crippen LogP contribution is 2.47. The molecule has 6 N–H and O–H groups in total. The molecular formula is C50H64FN7O7. The Morgan fingerprint density at radius 2 is 1.75 bits per heavy atom. The predicted molar refractivity (Wildman–Crippen MR) is 248 cm³/mol. The van der Waals surface area contributed by atoms with Gasteiger partial charge < -0.3 is 41.0 Å². The molecule has 0 saturated heterocycles. The predicted octanol–water partition coefficient (Wildman–Crippen LogP) is 7.89. The van der Waals surface area contributed by atoms with Crippen molar-refractivity contribution in [3.8, 4) is 11.4 Å². The third kappa shape index (κ3) is 10.0. The zero-order valence-electron chi connectivity index (χ0n) is 39.0. The number of ether oxygens (including phenoxy) is 2. The summed E-state index contributed by atoms with van der Waals surface area (Å²) in [5.74, 6) is -1.33. The summed E-state index contributed by atoms with van der Waals surface area (Å²) in [4.78, 5) is 71.2. The highest BCUT2D eigenvalue weighted by Gasteiger charge is 2.38. The van der Waals surface area contributed by atoms with Gasteiger partial charge >= 0.3 is 12.2 Å². The summed E-state index contributed by atoms with van der Waals surface area (Å²) in [6.45, 7) is 15.8. The lowest BCUT2D eigenvalue weighted by Crippen LogP contribution is -2.51. The van der Waals surface area contributed by atoms with E-state index in [9.17, 15) is 24.0 Å². The largest absolute Gasteiger partial charge is 0.445 e. The van der Waals surface area contributed by atoms with Crippen molar-refractivity contribution in [3.05, 3.63) is 91.5 Å². The van der Waals surface area contributed by atoms with Crippen LogP contribution in [0.1, 0.15) is 138 Å². The minimum absolute atomic E-state index is 0.00136. The number of halogens is 1. The number of nitrogens with two attached hydrogens (primary N) is 1. The smallest absolute Gasteiger partial charge is 0.407 e. The van der Waals surface area contributed by atoms with Crippen LogP contribution in [0.25, 0.3) is 22.3 Å². The van der Waals surface area contributed by atoms with Crippen LogP contribution in [0.3, 0.4) is 0 Å². The summed E-state index contributed by atoms with van der Waals surface area (Å²) in [5, 5.41) is 12.3. The molecule has 15 heteroatoms. The van der Waals surface area contributed by atoms with Crippen LogP contribution in [-0.2, 0) is 50.5 Å². The topological polar surface area (TPSA) is 196 Å². The molecule has 4 atom stereocenters. The first-order valence-corrected chi connectivity index (χ1v) is 23.1. The summed E-state index contributed by atoms with van der Waals surface area (Å²) < 4.78 is 28.2. The van der Waals surface area contributed by atoms with Crippen LogP contribution in [0.2, 0.25) is 0 Å². The molecule has 4 aromatic rings. The van der Waals surface area contributed by atoms with Crippen molar-refractivity contribution in [2.75, 3.05) is 11.9 Å². The van der Waals surface area contributed by atoms with Crippen LogP contribution in [0.5, 0.6) is 0 Å². The molecule has 14 nitrogen and oxygen atoms in total. The second-order valence-electron chi connectivity index (χ2n) is 19.5. The van der Waals surface area contributed by atoms with Crippen molar-refractivity contribution in [2.45, 2.75) is 155 Å². The van der Waals surface area contributed by atoms with E-state index in [1.807, 2.05) is 13.8 Å². The number of alkyl carbamates (subject to hydrolysis) is 2. The zero-order chi connectivity index (χ0) is 47.0. The number of pyridine rings is 2. The molecule has 1 aliphatic heterocycles. The molecule has 0 fully saturated rings. The molecule has 0 saturated carbocycles. The number of nitrogens with zero attached hydrogens (tertiary/aromatic N) is 2. The molecule has 348 valence electrons. The van der Waals surface area contributed by atoms with Crippen LogP contribution >= 0.6 is 0 Å². The molecule has 2 aromatic heterocycles. The number of aryl methyl sites for hydroxylation is 1. The van der Waals surface area contributed by atoms with Crippen LogP contribution in [0.15, 0.2) is 41.2 Å². The Kier molecular flexibility index (Phi) is 13.7. The first kappa shape index (κ1) is 47.1. The number of amides is 4. The molecule has 0 unspecified atom stereocenters. The van der Waals surface area contributed by atoms with Crippen LogP contribution in [-0.4, -0.2) is 57.8 Å². The molecule has 3 aliphatic rings. The van der Waals surface area contributed by atoms with Gasteiger partial charge in [0.1, 0.15) is 24.1 Å². The van der Waals surface area contributed by atoms with Gasteiger partial charge in [0.05, 0.1) is 35.5 Å². The average molecular weight is 894 g/mol. The number of unbranched alkanes of at least 4 members (excludes halogenated alkanes) is 1. The molecule has 0 radical (unpaired) electrons. The number of fused-ring (bicyclic) bond motifs is 5. The maximum absolute atomic E-state index is 15.4. The second kappa shape index (κ2) is 18.9. The van der Waals surface area contributed by atoms with Gasteiger partial charge in [0, 0.05) is 34.8 Å². The molecule has 0 bridgehead atoms. The third-order valence-electron chi connectivity index (χ3n) is 13.4. The number of hydrogen-bond donors (Lipinski definition) is 5. The number of carbonyl (C=O) groups is 4. The standard InChI is InChI=1S/C50H64FN7O7/c1-9-50(8)21-12-13-32-34(50)23-39-43-33(25-58(39)46(32)61)41-36(20-19-31-28(4)35(51)24-38(55-43)40(31)41)57-48(63)64-26-29-15-17-30(18-16-29)54-44(59)37(56-45(60)42(52)27(2)3)14-10-11-22-53-47(62)65-49(5,6)7/h15-18,23-24,27,36-37,42H,9-14,19-22,25-26,52H2,1-8H3,(H,53,62)(H,54,59)(H,56,60)(H,57,63)/t36-,37-,42-,50-/m0/s1. The summed E-state index contributed by atoms with van der Waals surface area (Å²) >= 11 is 0. The van der Waals surface area contributed by atoms with E-state index in [1.54, 1.807) is 56.5 Å². The second-order valence-corrected chi connectivity index (χ2v) is 19.5. The number of aromatic nitrogens is 2. The number of carbonyl (C=O) groups excluding carboxylic acids is 4. The lowest BCUT2D eigenvalue weighted by Gasteiger charge is -2.35. The van der Waals surface area contributed by atoms with Gasteiger partial charge in [0.2, 0.25) is 11.8 Å². The minimum Gasteiger partial charge on any atom is -0.445 e. The molecule has 2 aromatic carbocycles. The Bertz CT molecular complexity index is 2570. The lowest BCUT2D eigenvalue weighted by atomic mass is 9.70. The maximum Gasteiger partial charge on any atom is 0.407 e. The van der Waals surface area contributed by atoms with E-state index >= 15 is 4.39 Å². The fourth-order valence-electron chi connectivity index (χ4n) is 9.49. The maximum atomic E-state index is 15.4. The molecule has 7 rings (SSSR count). The van der Waals surface area contributed by atoms with Crippen LogP contribution in [0, 0.1) is 18.7 Å². The minimum atomic E-state index is -0.879. The number of nitrogens with one attached hydrogen (secondary N) is 4. The number of anilines is 1. The fourth-order valence-corrected chi connectivity index (χ4v) is 9.49. The van der Waals surface area contributed by atoms with Gasteiger partial charge in [-0.1, -0.05) is 39.8 Å². The summed E-state index contributed by atoms with van der Waals surface area (Å²) in [7, 11) is 0. The molecular weight excluding hydrogens is 830 g/mol. The first-order chi connectivity index (χ1) is 30.8. The summed E-state index contributed by atoms with van der Waals surface area (Å²) in [6, 6.07) is 8.30. The summed E-state index contributed by atoms with van der Waals surface area (Å²) in [5.41, 5.74) is 13.5. The van der Waals surface area contributed by atoms with Gasteiger partial charge in [-0.05, 0) is 143 Å². The van der Waals surface area contributed by atoms with Gasteiger partial charge in [-0.3, -0.25) is 14.4 Å². The highest BCUT2D eigenvalue weighted by atomic mass is 19.1. The van der Waals surface area contributed by atoms with Crippen molar-refractivity contribution in [1.29, 1.82) is 0 Å². The summed E-state index contributed by atoms with van der Waals surface area (Å²) in [6.07, 6.45) is 4.87. The third-order valence-corrected chi connectivity index (χ3v) is 13.4. The van der Waals surface area contributed by atoms with Gasteiger partial charge in [0.25, 0.3) is 5.56 Å². The zero-order valence-corrected chi connectivity index (χ0v) is 39.0. The SMILES string of the molecule is CC[C@@]1(C)CCCc2c1cc1n(c2=O)Cc2c-1nc1cc(F)c(C)c3c1c2[C@@H](NC(=O)OCc1ccc(NC(=O)[C@H](CCCCNC(=O)OC(C)(C)C)NC(=O)[C@@H](N)C(C)C)cc1)CC3. The Hall–Kier alpha value is -5.83. The van der Waals surface area contributed by atoms with E-state index in [4.69, 9.17) is 20.2 Å². The van der Waals surface area contributed by atoms with Gasteiger partial charge in [0.15, 0.2) is 0 Å². The fraction of sp³-hybridized carbons (Fsp3) is 0.520. The molecule has 2 aliphatic carbocycles. The Morgan fingerprint density at radius 1 is 1.02 bits per heavy atom. The van der Waals surface area contributed by atoms with E-state index in [-0.39, 0.29) is 29.3 Å². The number of hydrogen-bond acceptors (Lipinski definition) is 9. The van der Waals surface area contributed by atoms with E-state index in [1.165, 1.54) is 6.07 Å². The van der Waals surface area contributed by atoms with E-state index < -0.39 is 47.7 Å². The van der Waals surface area contributed by atoms with Gasteiger partial charge in [-0.25, -0.2) is 19.0 Å². The highest BCUT2D eigenvalue weighted by molar-refractivity contribution is 5.98. The van der Waals surface area contributed by atoms with Crippen molar-refractivity contribution < 1.29 is 33.0 Å². The average Bonchev–Trinajstić information content (AvgIpc) is 3.63. The molecule has 65 heavy (non-hydrogen) atoms. The number of rotatable bonds is 14. The first-order valence-electron chi connectivity index (χ1n) is 23.1. The van der Waals surface area contributed by atoms with Crippen molar-refractivity contribution in [2.24, 2.45) is 11.7 Å². The van der Waals surface area contributed by atoms with E-state index in [2.05, 4.69) is 41.2 Å². The normalized spacial score (nSPS) is 18.2. The quantitative estimate of drug-likeness (QED) is 0.0689. The molecule has 0 spiro atoms. The van der Waals surface area contributed by atoms with Gasteiger partial charge in [-0.15, -0.1) is 0 Å². The Morgan fingerprint density at radius 3 is 2.45 bits per heavy atom. The Balaban J connectivity index is 1.02.